The number of ether oxygens (including phenoxy) is 1. The summed E-state index contributed by atoms with van der Waals surface area (Å²) < 4.78 is 4.86. The molecule has 0 saturated carbocycles. The summed E-state index contributed by atoms with van der Waals surface area (Å²) in [6.45, 7) is 4.56. The van der Waals surface area contributed by atoms with Crippen LogP contribution in [0, 0.1) is 5.92 Å². The number of hydrogen-bond acceptors (Lipinski definition) is 3. The molecule has 0 unspecified atom stereocenters. The van der Waals surface area contributed by atoms with Crippen LogP contribution in [-0.4, -0.2) is 32.1 Å². The first kappa shape index (κ1) is 15.2. The van der Waals surface area contributed by atoms with Gasteiger partial charge in [-0.2, -0.15) is 0 Å². The zero-order valence-corrected chi connectivity index (χ0v) is 11.5. The Morgan fingerprint density at radius 1 is 1.32 bits per heavy atom. The van der Waals surface area contributed by atoms with Crippen molar-refractivity contribution in [2.24, 2.45) is 5.92 Å². The van der Waals surface area contributed by atoms with Crippen LogP contribution in [0.1, 0.15) is 24.2 Å². The van der Waals surface area contributed by atoms with Gasteiger partial charge in [0.25, 0.3) is 5.91 Å². The lowest BCUT2D eigenvalue weighted by Crippen LogP contribution is -2.27. The van der Waals surface area contributed by atoms with Gasteiger partial charge in [-0.3, -0.25) is 9.59 Å². The van der Waals surface area contributed by atoms with Crippen molar-refractivity contribution in [1.82, 2.24) is 5.32 Å². The van der Waals surface area contributed by atoms with E-state index in [1.165, 1.54) is 0 Å². The predicted octanol–water partition coefficient (Wildman–Crippen LogP) is 1.66. The van der Waals surface area contributed by atoms with Crippen molar-refractivity contribution >= 4 is 17.5 Å². The van der Waals surface area contributed by atoms with E-state index >= 15 is 0 Å². The van der Waals surface area contributed by atoms with Crippen molar-refractivity contribution in [2.45, 2.75) is 13.8 Å². The fourth-order valence-corrected chi connectivity index (χ4v) is 1.39. The molecule has 0 aliphatic rings. The lowest BCUT2D eigenvalue weighted by atomic mass is 10.1. The van der Waals surface area contributed by atoms with Crippen LogP contribution in [0.2, 0.25) is 0 Å². The summed E-state index contributed by atoms with van der Waals surface area (Å²) in [7, 11) is 1.58. The summed E-state index contributed by atoms with van der Waals surface area (Å²) in [4.78, 5) is 23.4. The zero-order chi connectivity index (χ0) is 14.3. The first-order chi connectivity index (χ1) is 9.04. The Hall–Kier alpha value is -1.88. The van der Waals surface area contributed by atoms with Gasteiger partial charge in [0.05, 0.1) is 6.61 Å². The molecule has 0 aliphatic heterocycles. The minimum absolute atomic E-state index is 0.0723. The van der Waals surface area contributed by atoms with E-state index in [9.17, 15) is 9.59 Å². The predicted molar refractivity (Wildman–Crippen MR) is 74.1 cm³/mol. The number of hydrogen-bond donors (Lipinski definition) is 2. The van der Waals surface area contributed by atoms with Crippen LogP contribution in [-0.2, 0) is 9.53 Å². The molecule has 104 valence electrons. The molecule has 0 spiro atoms. The number of carbonyl (C=O) groups is 2. The fourth-order valence-electron chi connectivity index (χ4n) is 1.39. The summed E-state index contributed by atoms with van der Waals surface area (Å²) in [5, 5.41) is 5.49. The Bertz CT molecular complexity index is 444. The number of nitrogens with one attached hydrogen (secondary N) is 2. The highest BCUT2D eigenvalue weighted by atomic mass is 16.5. The van der Waals surface area contributed by atoms with E-state index < -0.39 is 0 Å². The quantitative estimate of drug-likeness (QED) is 0.768. The van der Waals surface area contributed by atoms with Crippen LogP contribution in [0.5, 0.6) is 0 Å². The molecule has 5 nitrogen and oxygen atoms in total. The van der Waals surface area contributed by atoms with Crippen LogP contribution < -0.4 is 10.6 Å². The van der Waals surface area contributed by atoms with Gasteiger partial charge in [0, 0.05) is 30.8 Å². The molecule has 5 heteroatoms. The molecule has 0 aliphatic carbocycles. The topological polar surface area (TPSA) is 67.4 Å². The lowest BCUT2D eigenvalue weighted by molar-refractivity contribution is -0.118. The Kier molecular flexibility index (Phi) is 6.02. The number of rotatable bonds is 6. The van der Waals surface area contributed by atoms with Gasteiger partial charge in [-0.25, -0.2) is 0 Å². The number of benzene rings is 1. The molecule has 0 atom stereocenters. The third-order valence-corrected chi connectivity index (χ3v) is 2.51. The zero-order valence-electron chi connectivity index (χ0n) is 11.5. The molecule has 0 heterocycles. The minimum atomic E-state index is -0.183. The van der Waals surface area contributed by atoms with E-state index in [4.69, 9.17) is 4.74 Å². The molecule has 0 aromatic heterocycles. The Morgan fingerprint density at radius 3 is 2.68 bits per heavy atom. The van der Waals surface area contributed by atoms with Crippen LogP contribution in [0.15, 0.2) is 24.3 Å². The monoisotopic (exact) mass is 264 g/mol. The molecular formula is C14H20N2O3. The molecule has 2 amide bonds. The molecule has 0 fully saturated rings. The van der Waals surface area contributed by atoms with Gasteiger partial charge in [0.15, 0.2) is 0 Å². The summed E-state index contributed by atoms with van der Waals surface area (Å²) >= 11 is 0. The summed E-state index contributed by atoms with van der Waals surface area (Å²) in [6.07, 6.45) is 0. The van der Waals surface area contributed by atoms with Crippen molar-refractivity contribution in [3.63, 3.8) is 0 Å². The Balaban J connectivity index is 2.66. The van der Waals surface area contributed by atoms with Gasteiger partial charge in [-0.1, -0.05) is 19.9 Å². The van der Waals surface area contributed by atoms with Crippen molar-refractivity contribution < 1.29 is 14.3 Å². The maximum atomic E-state index is 11.8. The second kappa shape index (κ2) is 7.53. The molecule has 1 aromatic rings. The maximum Gasteiger partial charge on any atom is 0.251 e. The number of amides is 2. The molecule has 0 bridgehead atoms. The number of anilines is 1. The summed E-state index contributed by atoms with van der Waals surface area (Å²) in [6, 6.07) is 6.85. The van der Waals surface area contributed by atoms with Gasteiger partial charge in [-0.05, 0) is 18.2 Å². The molecule has 0 saturated heterocycles. The van der Waals surface area contributed by atoms with E-state index in [1.807, 2.05) is 13.8 Å². The molecule has 0 radical (unpaired) electrons. The van der Waals surface area contributed by atoms with Gasteiger partial charge in [-0.15, -0.1) is 0 Å². The van der Waals surface area contributed by atoms with Crippen LogP contribution in [0.4, 0.5) is 5.69 Å². The Labute approximate surface area is 113 Å². The highest BCUT2D eigenvalue weighted by Crippen LogP contribution is 2.11. The highest BCUT2D eigenvalue weighted by molar-refractivity contribution is 5.97. The summed E-state index contributed by atoms with van der Waals surface area (Å²) in [5.41, 5.74) is 1.13. The van der Waals surface area contributed by atoms with Crippen molar-refractivity contribution in [2.75, 3.05) is 25.6 Å². The van der Waals surface area contributed by atoms with Gasteiger partial charge in [0.1, 0.15) is 0 Å². The summed E-state index contributed by atoms with van der Waals surface area (Å²) in [5.74, 6) is -0.353. The van der Waals surface area contributed by atoms with Crippen molar-refractivity contribution in [3.8, 4) is 0 Å². The average molecular weight is 264 g/mol. The van der Waals surface area contributed by atoms with Crippen molar-refractivity contribution in [1.29, 1.82) is 0 Å². The third kappa shape index (κ3) is 5.09. The first-order valence-electron chi connectivity index (χ1n) is 6.22. The second-order valence-electron chi connectivity index (χ2n) is 4.47. The SMILES string of the molecule is COCCNC(=O)c1cccc(NC(=O)C(C)C)c1. The van der Waals surface area contributed by atoms with Crippen molar-refractivity contribution in [3.05, 3.63) is 29.8 Å². The van der Waals surface area contributed by atoms with E-state index in [1.54, 1.807) is 31.4 Å². The van der Waals surface area contributed by atoms with E-state index in [-0.39, 0.29) is 17.7 Å². The Morgan fingerprint density at radius 2 is 2.05 bits per heavy atom. The van der Waals surface area contributed by atoms with Crippen LogP contribution in [0.3, 0.4) is 0 Å². The van der Waals surface area contributed by atoms with E-state index in [2.05, 4.69) is 10.6 Å². The third-order valence-electron chi connectivity index (χ3n) is 2.51. The molecule has 1 aromatic carbocycles. The molecule has 2 N–H and O–H groups in total. The van der Waals surface area contributed by atoms with E-state index in [0.717, 1.165) is 0 Å². The highest BCUT2D eigenvalue weighted by Gasteiger charge is 2.09. The number of methoxy groups -OCH3 is 1. The second-order valence-corrected chi connectivity index (χ2v) is 4.47. The number of carbonyl (C=O) groups excluding carboxylic acids is 2. The van der Waals surface area contributed by atoms with Crippen LogP contribution >= 0.6 is 0 Å². The van der Waals surface area contributed by atoms with Crippen LogP contribution in [0.25, 0.3) is 0 Å². The maximum absolute atomic E-state index is 11.8. The lowest BCUT2D eigenvalue weighted by Gasteiger charge is -2.09. The van der Waals surface area contributed by atoms with E-state index in [0.29, 0.717) is 24.4 Å². The first-order valence-corrected chi connectivity index (χ1v) is 6.22. The average Bonchev–Trinajstić information content (AvgIpc) is 2.39. The van der Waals surface area contributed by atoms with Gasteiger partial charge in [0.2, 0.25) is 5.91 Å². The normalized spacial score (nSPS) is 10.3. The fraction of sp³-hybridized carbons (Fsp3) is 0.429. The molecular weight excluding hydrogens is 244 g/mol. The largest absolute Gasteiger partial charge is 0.383 e. The smallest absolute Gasteiger partial charge is 0.251 e. The van der Waals surface area contributed by atoms with Gasteiger partial charge < -0.3 is 15.4 Å². The minimum Gasteiger partial charge on any atom is -0.383 e. The standard InChI is InChI=1S/C14H20N2O3/c1-10(2)13(17)16-12-6-4-5-11(9-12)14(18)15-7-8-19-3/h4-6,9-10H,7-8H2,1-3H3,(H,15,18)(H,16,17). The van der Waals surface area contributed by atoms with Gasteiger partial charge >= 0.3 is 0 Å². The molecule has 1 rings (SSSR count). The molecule has 19 heavy (non-hydrogen) atoms.